The smallest absolute Gasteiger partial charge is 0.266 e. The Kier molecular flexibility index (Phi) is 3.55. The van der Waals surface area contributed by atoms with Crippen molar-refractivity contribution >= 4 is 26.5 Å². The van der Waals surface area contributed by atoms with E-state index in [-0.39, 0.29) is 11.7 Å². The van der Waals surface area contributed by atoms with Crippen LogP contribution in [0.1, 0.15) is 5.56 Å². The average molecular weight is 288 g/mol. The first-order valence-corrected chi connectivity index (χ1v) is 7.16. The highest BCUT2D eigenvalue weighted by atomic mass is 32.2. The number of nitrogens with two attached hydrogens (primary N) is 1. The number of sulfonamides is 1. The molecule has 0 atom stereocenters. The van der Waals surface area contributed by atoms with Crippen LogP contribution in [-0.4, -0.2) is 18.6 Å². The Morgan fingerprint density at radius 2 is 2.22 bits per heavy atom. The highest BCUT2D eigenvalue weighted by molar-refractivity contribution is 7.93. The van der Waals surface area contributed by atoms with Gasteiger partial charge in [-0.25, -0.2) is 12.8 Å². The lowest BCUT2D eigenvalue weighted by Crippen LogP contribution is -2.15. The van der Waals surface area contributed by atoms with Crippen LogP contribution in [0.3, 0.4) is 0 Å². The molecule has 0 bridgehead atoms. The van der Waals surface area contributed by atoms with Gasteiger partial charge in [0.15, 0.2) is 0 Å². The predicted octanol–water partition coefficient (Wildman–Crippen LogP) is 0.937. The second kappa shape index (κ2) is 4.96. The molecule has 1 aromatic heterocycles. The molecule has 0 fully saturated rings. The molecule has 96 valence electrons. The fourth-order valence-electron chi connectivity index (χ4n) is 1.28. The predicted molar refractivity (Wildman–Crippen MR) is 65.0 cm³/mol. The minimum atomic E-state index is -4.00. The van der Waals surface area contributed by atoms with Crippen molar-refractivity contribution in [3.05, 3.63) is 35.1 Å². The first kappa shape index (κ1) is 12.9. The lowest BCUT2D eigenvalue weighted by Gasteiger charge is -2.06. The quantitative estimate of drug-likeness (QED) is 0.872. The highest BCUT2D eigenvalue weighted by Gasteiger charge is 2.20. The summed E-state index contributed by atoms with van der Waals surface area (Å²) in [5.74, 6) is -0.852. The van der Waals surface area contributed by atoms with Crippen LogP contribution in [0.5, 0.6) is 0 Å². The first-order valence-electron chi connectivity index (χ1n) is 4.80. The zero-order chi connectivity index (χ0) is 13.2. The van der Waals surface area contributed by atoms with E-state index in [1.165, 1.54) is 17.6 Å². The van der Waals surface area contributed by atoms with Crippen LogP contribution in [0.15, 0.2) is 28.6 Å². The molecule has 0 aliphatic carbocycles. The zero-order valence-corrected chi connectivity index (χ0v) is 10.6. The molecule has 0 aliphatic rings. The zero-order valence-electron chi connectivity index (χ0n) is 9.00. The number of hydrogen-bond donors (Lipinski definition) is 2. The third-order valence-corrected chi connectivity index (χ3v) is 4.21. The summed E-state index contributed by atoms with van der Waals surface area (Å²) in [5, 5.41) is 7.09. The lowest BCUT2D eigenvalue weighted by atomic mass is 10.2. The SMILES string of the molecule is NCc1ccc(S(=O)(=O)Nc2nncs2)c(F)c1. The van der Waals surface area contributed by atoms with E-state index < -0.39 is 20.7 Å². The Labute approximate surface area is 107 Å². The molecular formula is C9H9FN4O2S2. The van der Waals surface area contributed by atoms with Crippen LogP contribution in [0.25, 0.3) is 0 Å². The molecule has 3 N–H and O–H groups in total. The number of nitrogens with zero attached hydrogens (tertiary/aromatic N) is 2. The second-order valence-electron chi connectivity index (χ2n) is 3.32. The van der Waals surface area contributed by atoms with Crippen molar-refractivity contribution in [1.29, 1.82) is 0 Å². The van der Waals surface area contributed by atoms with Crippen molar-refractivity contribution in [3.63, 3.8) is 0 Å². The van der Waals surface area contributed by atoms with E-state index in [9.17, 15) is 12.8 Å². The number of nitrogens with one attached hydrogen (secondary N) is 1. The van der Waals surface area contributed by atoms with Crippen LogP contribution < -0.4 is 10.5 Å². The Morgan fingerprint density at radius 3 is 2.78 bits per heavy atom. The van der Waals surface area contributed by atoms with Gasteiger partial charge in [0.2, 0.25) is 5.13 Å². The molecule has 6 nitrogen and oxygen atoms in total. The largest absolute Gasteiger partial charge is 0.326 e. The topological polar surface area (TPSA) is 98.0 Å². The number of rotatable bonds is 4. The van der Waals surface area contributed by atoms with E-state index in [0.717, 1.165) is 17.4 Å². The average Bonchev–Trinajstić information content (AvgIpc) is 2.80. The molecule has 0 saturated carbocycles. The van der Waals surface area contributed by atoms with Gasteiger partial charge in [-0.2, -0.15) is 0 Å². The van der Waals surface area contributed by atoms with Crippen molar-refractivity contribution in [2.24, 2.45) is 5.73 Å². The molecule has 9 heteroatoms. The number of benzene rings is 1. The lowest BCUT2D eigenvalue weighted by molar-refractivity contribution is 0.569. The summed E-state index contributed by atoms with van der Waals surface area (Å²) in [6.45, 7) is 0.140. The van der Waals surface area contributed by atoms with Crippen LogP contribution in [-0.2, 0) is 16.6 Å². The first-order chi connectivity index (χ1) is 8.53. The van der Waals surface area contributed by atoms with Crippen molar-refractivity contribution in [2.45, 2.75) is 11.4 Å². The van der Waals surface area contributed by atoms with E-state index >= 15 is 0 Å². The summed E-state index contributed by atoms with van der Waals surface area (Å²) in [7, 11) is -4.00. The van der Waals surface area contributed by atoms with Gasteiger partial charge in [0.1, 0.15) is 16.2 Å². The third kappa shape index (κ3) is 2.63. The summed E-state index contributed by atoms with van der Waals surface area (Å²) in [6, 6.07) is 3.72. The fourth-order valence-corrected chi connectivity index (χ4v) is 3.03. The number of aromatic nitrogens is 2. The van der Waals surface area contributed by atoms with Crippen LogP contribution in [0.4, 0.5) is 9.52 Å². The molecule has 1 heterocycles. The Morgan fingerprint density at radius 1 is 1.44 bits per heavy atom. The molecule has 2 aromatic rings. The van der Waals surface area contributed by atoms with E-state index in [0.29, 0.717) is 5.56 Å². The summed E-state index contributed by atoms with van der Waals surface area (Å²) in [5.41, 5.74) is 7.22. The molecule has 1 aromatic carbocycles. The minimum absolute atomic E-state index is 0.0808. The standard InChI is InChI=1S/C9H9FN4O2S2/c10-7-3-6(4-11)1-2-8(7)18(15,16)14-9-13-12-5-17-9/h1-3,5H,4,11H2,(H,13,14). The number of halogens is 1. The maximum Gasteiger partial charge on any atom is 0.266 e. The number of hydrogen-bond acceptors (Lipinski definition) is 6. The van der Waals surface area contributed by atoms with Gasteiger partial charge in [0, 0.05) is 6.54 Å². The van der Waals surface area contributed by atoms with Gasteiger partial charge in [-0.1, -0.05) is 17.4 Å². The molecular weight excluding hydrogens is 279 g/mol. The van der Waals surface area contributed by atoms with Crippen LogP contribution >= 0.6 is 11.3 Å². The Balaban J connectivity index is 2.35. The summed E-state index contributed by atoms with van der Waals surface area (Å²) >= 11 is 1.00. The van der Waals surface area contributed by atoms with Gasteiger partial charge < -0.3 is 5.73 Å². The van der Waals surface area contributed by atoms with E-state index in [4.69, 9.17) is 5.73 Å². The second-order valence-corrected chi connectivity index (χ2v) is 5.80. The monoisotopic (exact) mass is 288 g/mol. The van der Waals surface area contributed by atoms with Gasteiger partial charge >= 0.3 is 0 Å². The van der Waals surface area contributed by atoms with Gasteiger partial charge in [-0.3, -0.25) is 4.72 Å². The molecule has 0 amide bonds. The molecule has 0 radical (unpaired) electrons. The number of anilines is 1. The van der Waals surface area contributed by atoms with Crippen molar-refractivity contribution in [1.82, 2.24) is 10.2 Å². The van der Waals surface area contributed by atoms with Crippen LogP contribution in [0, 0.1) is 5.82 Å². The maximum absolute atomic E-state index is 13.7. The van der Waals surface area contributed by atoms with E-state index in [1.54, 1.807) is 0 Å². The minimum Gasteiger partial charge on any atom is -0.326 e. The molecule has 0 unspecified atom stereocenters. The molecule has 0 spiro atoms. The normalized spacial score (nSPS) is 11.4. The molecule has 2 rings (SSSR count). The van der Waals surface area contributed by atoms with Gasteiger partial charge in [-0.15, -0.1) is 10.2 Å². The van der Waals surface area contributed by atoms with Crippen molar-refractivity contribution < 1.29 is 12.8 Å². The molecule has 0 saturated heterocycles. The van der Waals surface area contributed by atoms with Gasteiger partial charge in [0.05, 0.1) is 0 Å². The molecule has 0 aliphatic heterocycles. The van der Waals surface area contributed by atoms with Gasteiger partial charge in [-0.05, 0) is 17.7 Å². The van der Waals surface area contributed by atoms with E-state index in [1.807, 2.05) is 0 Å². The highest BCUT2D eigenvalue weighted by Crippen LogP contribution is 2.20. The van der Waals surface area contributed by atoms with E-state index in [2.05, 4.69) is 14.9 Å². The molecule has 18 heavy (non-hydrogen) atoms. The Hall–Kier alpha value is -1.58. The fraction of sp³-hybridized carbons (Fsp3) is 0.111. The van der Waals surface area contributed by atoms with Crippen molar-refractivity contribution in [3.8, 4) is 0 Å². The summed E-state index contributed by atoms with van der Waals surface area (Å²) in [6.07, 6.45) is 0. The van der Waals surface area contributed by atoms with Crippen LogP contribution in [0.2, 0.25) is 0 Å². The Bertz CT molecular complexity index is 643. The van der Waals surface area contributed by atoms with Crippen molar-refractivity contribution in [2.75, 3.05) is 4.72 Å². The third-order valence-electron chi connectivity index (χ3n) is 2.10. The summed E-state index contributed by atoms with van der Waals surface area (Å²) in [4.78, 5) is -0.449. The summed E-state index contributed by atoms with van der Waals surface area (Å²) < 4.78 is 39.5. The maximum atomic E-state index is 13.7. The van der Waals surface area contributed by atoms with Gasteiger partial charge in [0.25, 0.3) is 10.0 Å².